The van der Waals surface area contributed by atoms with E-state index in [1.54, 1.807) is 0 Å². The molecule has 0 unspecified atom stereocenters. The molecule has 1 aromatic carbocycles. The summed E-state index contributed by atoms with van der Waals surface area (Å²) in [4.78, 5) is 23.9. The van der Waals surface area contributed by atoms with Gasteiger partial charge in [-0.1, -0.05) is 0 Å². The number of alkyl halides is 6. The highest BCUT2D eigenvalue weighted by atomic mass is 19.4. The largest absolute Gasteiger partial charge is 0.416 e. The van der Waals surface area contributed by atoms with Crippen LogP contribution < -0.4 is 5.32 Å². The van der Waals surface area contributed by atoms with E-state index in [0.29, 0.717) is 37.3 Å². The van der Waals surface area contributed by atoms with E-state index in [1.165, 1.54) is 20.2 Å². The van der Waals surface area contributed by atoms with Crippen LogP contribution in [0.5, 0.6) is 0 Å². The Morgan fingerprint density at radius 1 is 1.00 bits per heavy atom. The Hall–Kier alpha value is -2.73. The number of carbonyl (C=O) groups is 1. The summed E-state index contributed by atoms with van der Waals surface area (Å²) >= 11 is 0. The van der Waals surface area contributed by atoms with Crippen LogP contribution in [-0.4, -0.2) is 50.6 Å². The monoisotopic (exact) mass is 558 g/mol. The molecule has 0 bridgehead atoms. The van der Waals surface area contributed by atoms with Crippen molar-refractivity contribution in [3.05, 3.63) is 59.2 Å². The van der Waals surface area contributed by atoms with Gasteiger partial charge < -0.3 is 15.3 Å². The Labute approximate surface area is 222 Å². The number of halogens is 6. The molecule has 2 fully saturated rings. The third-order valence-electron chi connectivity index (χ3n) is 8.29. The summed E-state index contributed by atoms with van der Waals surface area (Å²) < 4.78 is 79.4. The van der Waals surface area contributed by atoms with Gasteiger partial charge in [-0.3, -0.25) is 4.79 Å². The Morgan fingerprint density at radius 2 is 1.56 bits per heavy atom. The maximum absolute atomic E-state index is 13.5. The molecule has 1 saturated heterocycles. The normalized spacial score (nSPS) is 23.7. The number of rotatable bonds is 6. The second kappa shape index (κ2) is 10.7. The van der Waals surface area contributed by atoms with E-state index in [1.807, 2.05) is 12.4 Å². The zero-order valence-corrected chi connectivity index (χ0v) is 21.7. The van der Waals surface area contributed by atoms with Crippen LogP contribution in [0.15, 0.2) is 36.9 Å². The molecular formula is C27H32F6N4O2. The van der Waals surface area contributed by atoms with Gasteiger partial charge in [0.2, 0.25) is 5.91 Å². The highest BCUT2D eigenvalue weighted by Gasteiger charge is 2.55. The van der Waals surface area contributed by atoms with Crippen LogP contribution in [0.4, 0.5) is 26.3 Å². The van der Waals surface area contributed by atoms with E-state index in [9.17, 15) is 36.2 Å². The minimum absolute atomic E-state index is 0.0144. The lowest BCUT2D eigenvalue weighted by atomic mass is 9.71. The maximum Gasteiger partial charge on any atom is 0.416 e. The molecule has 12 heteroatoms. The number of piperidine rings is 1. The average molecular weight is 559 g/mol. The third kappa shape index (κ3) is 6.37. The molecule has 0 spiro atoms. The quantitative estimate of drug-likeness (QED) is 0.470. The van der Waals surface area contributed by atoms with E-state index in [2.05, 4.69) is 20.2 Å². The molecule has 6 nitrogen and oxygen atoms in total. The molecule has 1 aromatic heterocycles. The van der Waals surface area contributed by atoms with Gasteiger partial charge in [0, 0.05) is 25.0 Å². The first-order chi connectivity index (χ1) is 18.1. The molecule has 2 N–H and O–H groups in total. The number of hydrogen-bond donors (Lipinski definition) is 2. The first-order valence-electron chi connectivity index (χ1n) is 12.9. The van der Waals surface area contributed by atoms with Gasteiger partial charge >= 0.3 is 12.4 Å². The maximum atomic E-state index is 13.5. The number of nitrogens with zero attached hydrogens (tertiary/aromatic N) is 3. The van der Waals surface area contributed by atoms with Crippen molar-refractivity contribution in [2.75, 3.05) is 13.1 Å². The van der Waals surface area contributed by atoms with Crippen molar-refractivity contribution in [3.8, 4) is 0 Å². The summed E-state index contributed by atoms with van der Waals surface area (Å²) in [5.41, 5.74) is -4.82. The van der Waals surface area contributed by atoms with Crippen LogP contribution in [0, 0.1) is 5.41 Å². The number of hydrogen-bond acceptors (Lipinski definition) is 5. The van der Waals surface area contributed by atoms with E-state index >= 15 is 0 Å². The second-order valence-electron chi connectivity index (χ2n) is 11.1. The van der Waals surface area contributed by atoms with Gasteiger partial charge in [-0.05, 0) is 94.3 Å². The minimum Gasteiger partial charge on any atom is -0.389 e. The Morgan fingerprint density at radius 3 is 2.08 bits per heavy atom. The van der Waals surface area contributed by atoms with E-state index in [-0.39, 0.29) is 17.7 Å². The highest BCUT2D eigenvalue weighted by Crippen LogP contribution is 2.49. The number of carbonyl (C=O) groups excluding carboxylic acids is 1. The fourth-order valence-electron chi connectivity index (χ4n) is 5.96. The molecular weight excluding hydrogens is 526 g/mol. The van der Waals surface area contributed by atoms with Crippen molar-refractivity contribution < 1.29 is 36.2 Å². The van der Waals surface area contributed by atoms with E-state index in [4.69, 9.17) is 0 Å². The Kier molecular flexibility index (Phi) is 8.01. The van der Waals surface area contributed by atoms with Gasteiger partial charge in [0.1, 0.15) is 6.33 Å². The number of aromatic nitrogens is 2. The van der Waals surface area contributed by atoms with Crippen LogP contribution in [0.2, 0.25) is 0 Å². The molecule has 2 aromatic rings. The summed E-state index contributed by atoms with van der Waals surface area (Å²) in [6, 6.07) is 1.27. The van der Waals surface area contributed by atoms with Crippen molar-refractivity contribution in [1.82, 2.24) is 20.2 Å². The second-order valence-corrected chi connectivity index (χ2v) is 11.1. The van der Waals surface area contributed by atoms with Crippen molar-refractivity contribution in [2.24, 2.45) is 5.41 Å². The predicted molar refractivity (Wildman–Crippen MR) is 130 cm³/mol. The summed E-state index contributed by atoms with van der Waals surface area (Å²) in [5, 5.41) is 13.6. The van der Waals surface area contributed by atoms with E-state index < -0.39 is 46.9 Å². The summed E-state index contributed by atoms with van der Waals surface area (Å²) in [7, 11) is 0. The smallest absolute Gasteiger partial charge is 0.389 e. The number of likely N-dealkylation sites (tertiary alicyclic amines) is 1. The number of aliphatic hydroxyl groups is 1. The van der Waals surface area contributed by atoms with Gasteiger partial charge in [-0.2, -0.15) is 26.3 Å². The fraction of sp³-hybridized carbons (Fsp3) is 0.593. The summed E-state index contributed by atoms with van der Waals surface area (Å²) in [6.07, 6.45) is -1.75. The molecule has 2 heterocycles. The topological polar surface area (TPSA) is 78.4 Å². The van der Waals surface area contributed by atoms with Gasteiger partial charge in [0.05, 0.1) is 22.1 Å². The molecule has 1 saturated carbocycles. The molecule has 1 aliphatic carbocycles. The van der Waals surface area contributed by atoms with E-state index in [0.717, 1.165) is 31.5 Å². The van der Waals surface area contributed by atoms with Crippen molar-refractivity contribution in [2.45, 2.75) is 82.4 Å². The van der Waals surface area contributed by atoms with Crippen LogP contribution >= 0.6 is 0 Å². The van der Waals surface area contributed by atoms with Crippen LogP contribution in [0.25, 0.3) is 0 Å². The van der Waals surface area contributed by atoms with Gasteiger partial charge in [0.15, 0.2) is 0 Å². The third-order valence-corrected chi connectivity index (χ3v) is 8.29. The van der Waals surface area contributed by atoms with Crippen LogP contribution in [0.3, 0.4) is 0 Å². The van der Waals surface area contributed by atoms with Crippen LogP contribution in [0.1, 0.15) is 74.1 Å². The van der Waals surface area contributed by atoms with Crippen molar-refractivity contribution in [3.63, 3.8) is 0 Å². The first kappa shape index (κ1) is 29.3. The molecule has 2 aliphatic rings. The summed E-state index contributed by atoms with van der Waals surface area (Å²) in [6.45, 7) is 4.08. The zero-order chi connectivity index (χ0) is 28.6. The molecule has 0 radical (unpaired) electrons. The fourth-order valence-corrected chi connectivity index (χ4v) is 5.96. The Bertz CT molecular complexity index is 1130. The van der Waals surface area contributed by atoms with Gasteiger partial charge in [-0.25, -0.2) is 9.97 Å². The highest BCUT2D eigenvalue weighted by molar-refractivity contribution is 5.84. The molecule has 1 amide bonds. The first-order valence-corrected chi connectivity index (χ1v) is 12.9. The van der Waals surface area contributed by atoms with Gasteiger partial charge in [-0.15, -0.1) is 0 Å². The predicted octanol–water partition coefficient (Wildman–Crippen LogP) is 5.32. The lowest BCUT2D eigenvalue weighted by Crippen LogP contribution is -2.53. The average Bonchev–Trinajstić information content (AvgIpc) is 3.34. The molecule has 1 aliphatic heterocycles. The molecule has 2 atom stereocenters. The number of benzene rings is 1. The zero-order valence-electron chi connectivity index (χ0n) is 21.7. The lowest BCUT2D eigenvalue weighted by molar-refractivity contribution is -0.147. The minimum atomic E-state index is -4.98. The number of amides is 1. The number of nitrogens with one attached hydrogen (secondary N) is 1. The molecule has 214 valence electrons. The molecule has 4 rings (SSSR count). The Balaban J connectivity index is 1.46. The van der Waals surface area contributed by atoms with Gasteiger partial charge in [0.25, 0.3) is 0 Å². The lowest BCUT2D eigenvalue weighted by Gasteiger charge is -2.41. The van der Waals surface area contributed by atoms with Crippen molar-refractivity contribution in [1.29, 1.82) is 0 Å². The summed E-state index contributed by atoms with van der Waals surface area (Å²) in [5.74, 6) is -0.250. The van der Waals surface area contributed by atoms with Crippen LogP contribution in [-0.2, 0) is 23.7 Å². The molecule has 39 heavy (non-hydrogen) atoms. The van der Waals surface area contributed by atoms with Crippen molar-refractivity contribution >= 4 is 5.91 Å². The SMILES string of the molecule is CC(C)(O)[C@]1(C(=O)NCc2cc(C(F)(F)F)cc(C(F)(F)F)c2)CC[C@@H](N2CCC(c3cncnc3)CC2)C1. The standard InChI is InChI=1S/C27H32F6N4O2/c1-24(2,39)25(6-3-22(12-25)37-7-4-18(5-8-37)19-14-34-16-35-15-19)23(38)36-13-17-9-20(26(28,29)30)11-21(10-17)27(31,32)33/h9-11,14-16,18,22,39H,3-8,12-13H2,1-2H3,(H,36,38)/t22-,25-/m1/s1.